The minimum Gasteiger partial charge on any atom is -0.456 e. The third-order valence-electron chi connectivity index (χ3n) is 4.84. The molecule has 0 saturated carbocycles. The minimum atomic E-state index is -0.729. The number of carbonyl (C=O) groups is 4. The van der Waals surface area contributed by atoms with E-state index in [4.69, 9.17) is 21.1 Å². The number of benzene rings is 2. The molecule has 9 nitrogen and oxygen atoms in total. The van der Waals surface area contributed by atoms with Gasteiger partial charge in [0.2, 0.25) is 0 Å². The molecule has 0 aliphatic heterocycles. The normalized spacial score (nSPS) is 11.4. The Morgan fingerprint density at radius 2 is 1.03 bits per heavy atom. The van der Waals surface area contributed by atoms with E-state index in [1.807, 2.05) is 0 Å². The van der Waals surface area contributed by atoms with Crippen LogP contribution in [0.3, 0.4) is 0 Å². The summed E-state index contributed by atoms with van der Waals surface area (Å²) in [6.07, 6.45) is 0. The van der Waals surface area contributed by atoms with E-state index in [0.29, 0.717) is 0 Å². The van der Waals surface area contributed by atoms with E-state index in [9.17, 15) is 19.2 Å². The number of para-hydroxylation sites is 2. The summed E-state index contributed by atoms with van der Waals surface area (Å²) in [5.74, 6) is -2.62. The molecular formula is C29H30ClN3O6. The van der Waals surface area contributed by atoms with Crippen molar-refractivity contribution in [2.75, 3.05) is 10.6 Å². The predicted octanol–water partition coefficient (Wildman–Crippen LogP) is 6.15. The van der Waals surface area contributed by atoms with Gasteiger partial charge in [0, 0.05) is 5.02 Å². The van der Waals surface area contributed by atoms with Crippen LogP contribution in [0.1, 0.15) is 83.2 Å². The van der Waals surface area contributed by atoms with Crippen molar-refractivity contribution in [3.63, 3.8) is 0 Å². The molecule has 0 saturated heterocycles. The summed E-state index contributed by atoms with van der Waals surface area (Å²) in [4.78, 5) is 55.5. The lowest BCUT2D eigenvalue weighted by Crippen LogP contribution is -2.25. The highest BCUT2D eigenvalue weighted by Gasteiger charge is 2.24. The third kappa shape index (κ3) is 8.38. The van der Waals surface area contributed by atoms with Crippen LogP contribution in [0, 0.1) is 0 Å². The van der Waals surface area contributed by atoms with E-state index in [0.717, 1.165) is 0 Å². The van der Waals surface area contributed by atoms with Crippen LogP contribution in [0.4, 0.5) is 11.4 Å². The molecule has 0 unspecified atom stereocenters. The molecule has 0 spiro atoms. The summed E-state index contributed by atoms with van der Waals surface area (Å²) < 4.78 is 10.8. The third-order valence-corrected chi connectivity index (χ3v) is 5.06. The first-order valence-corrected chi connectivity index (χ1v) is 12.5. The second kappa shape index (κ2) is 11.7. The summed E-state index contributed by atoms with van der Waals surface area (Å²) in [7, 11) is 0. The zero-order valence-corrected chi connectivity index (χ0v) is 23.3. The molecule has 0 bridgehead atoms. The molecule has 0 atom stereocenters. The highest BCUT2D eigenvalue weighted by atomic mass is 35.5. The van der Waals surface area contributed by atoms with Gasteiger partial charge in [0.05, 0.1) is 22.5 Å². The summed E-state index contributed by atoms with van der Waals surface area (Å²) in [5.41, 5.74) is -1.06. The van der Waals surface area contributed by atoms with E-state index in [2.05, 4.69) is 15.6 Å². The van der Waals surface area contributed by atoms with Crippen LogP contribution < -0.4 is 10.6 Å². The topological polar surface area (TPSA) is 124 Å². The van der Waals surface area contributed by atoms with E-state index in [-0.39, 0.29) is 38.9 Å². The molecule has 3 aromatic rings. The van der Waals surface area contributed by atoms with Crippen LogP contribution in [0.5, 0.6) is 0 Å². The molecule has 0 aliphatic rings. The molecule has 3 rings (SSSR count). The Hall–Kier alpha value is -4.24. The van der Waals surface area contributed by atoms with Gasteiger partial charge in [-0.25, -0.2) is 14.6 Å². The number of carbonyl (C=O) groups excluding carboxylic acids is 4. The maximum atomic E-state index is 13.1. The maximum absolute atomic E-state index is 13.1. The van der Waals surface area contributed by atoms with Crippen LogP contribution in [0.25, 0.3) is 0 Å². The number of halogens is 1. The summed E-state index contributed by atoms with van der Waals surface area (Å²) in [5, 5.41) is 5.34. The van der Waals surface area contributed by atoms with Crippen LogP contribution in [0.15, 0.2) is 60.7 Å². The van der Waals surface area contributed by atoms with Crippen molar-refractivity contribution in [2.45, 2.75) is 52.7 Å². The molecule has 0 fully saturated rings. The van der Waals surface area contributed by atoms with Crippen molar-refractivity contribution in [1.29, 1.82) is 0 Å². The number of esters is 2. The molecule has 204 valence electrons. The number of nitrogens with zero attached hydrogens (tertiary/aromatic N) is 1. The first-order valence-electron chi connectivity index (χ1n) is 12.1. The lowest BCUT2D eigenvalue weighted by atomic mass is 10.1. The number of rotatable bonds is 6. The summed E-state index contributed by atoms with van der Waals surface area (Å²) >= 11 is 6.20. The lowest BCUT2D eigenvalue weighted by molar-refractivity contribution is 0.00580. The van der Waals surface area contributed by atoms with Crippen molar-refractivity contribution < 1.29 is 28.7 Å². The quantitative estimate of drug-likeness (QED) is 0.352. The van der Waals surface area contributed by atoms with Gasteiger partial charge in [-0.3, -0.25) is 9.59 Å². The first kappa shape index (κ1) is 29.3. The van der Waals surface area contributed by atoms with Gasteiger partial charge in [-0.05, 0) is 77.9 Å². The first-order chi connectivity index (χ1) is 18.1. The van der Waals surface area contributed by atoms with Crippen molar-refractivity contribution in [3.05, 3.63) is 88.2 Å². The number of pyridine rings is 1. The largest absolute Gasteiger partial charge is 0.456 e. The Balaban J connectivity index is 1.84. The fraction of sp³-hybridized carbons (Fsp3) is 0.276. The molecule has 0 aliphatic carbocycles. The average molecular weight is 552 g/mol. The molecule has 10 heteroatoms. The number of hydrogen-bond donors (Lipinski definition) is 2. The second-order valence-corrected chi connectivity index (χ2v) is 11.0. The number of amides is 2. The van der Waals surface area contributed by atoms with Gasteiger partial charge < -0.3 is 20.1 Å². The van der Waals surface area contributed by atoms with Crippen LogP contribution in [-0.4, -0.2) is 39.9 Å². The van der Waals surface area contributed by atoms with Gasteiger partial charge in [0.1, 0.15) is 22.6 Å². The Bertz CT molecular complexity index is 1320. The molecule has 39 heavy (non-hydrogen) atoms. The van der Waals surface area contributed by atoms with Gasteiger partial charge >= 0.3 is 11.9 Å². The van der Waals surface area contributed by atoms with Crippen LogP contribution >= 0.6 is 11.6 Å². The van der Waals surface area contributed by atoms with Crippen molar-refractivity contribution in [2.24, 2.45) is 0 Å². The highest BCUT2D eigenvalue weighted by molar-refractivity contribution is 6.31. The molecule has 2 aromatic carbocycles. The van der Waals surface area contributed by atoms with Gasteiger partial charge in [-0.2, -0.15) is 0 Å². The standard InChI is InChI=1S/C29H30ClN3O6/c1-28(2,3)38-26(36)18-11-7-9-13-20(18)32-24(34)22-15-17(30)16-23(31-22)25(35)33-21-14-10-8-12-19(21)27(37)39-29(4,5)6/h7-16H,1-6H3,(H,32,34)(H,33,35). The van der Waals surface area contributed by atoms with Gasteiger partial charge in [-0.1, -0.05) is 35.9 Å². The molecular weight excluding hydrogens is 522 g/mol. The number of anilines is 2. The Kier molecular flexibility index (Phi) is 8.76. The lowest BCUT2D eigenvalue weighted by Gasteiger charge is -2.20. The SMILES string of the molecule is CC(C)(C)OC(=O)c1ccccc1NC(=O)c1cc(Cl)cc(C(=O)Nc2ccccc2C(=O)OC(C)(C)C)n1. The molecule has 1 heterocycles. The smallest absolute Gasteiger partial charge is 0.340 e. The van der Waals surface area contributed by atoms with Crippen LogP contribution in [-0.2, 0) is 9.47 Å². The molecule has 1 aromatic heterocycles. The minimum absolute atomic E-state index is 0.0844. The average Bonchev–Trinajstić information content (AvgIpc) is 2.82. The molecule has 0 radical (unpaired) electrons. The molecule has 2 amide bonds. The van der Waals surface area contributed by atoms with Crippen LogP contribution in [0.2, 0.25) is 5.02 Å². The summed E-state index contributed by atoms with van der Waals surface area (Å²) in [6, 6.07) is 15.3. The predicted molar refractivity (Wildman–Crippen MR) is 148 cm³/mol. The van der Waals surface area contributed by atoms with E-state index < -0.39 is 35.0 Å². The number of hydrogen-bond acceptors (Lipinski definition) is 7. The number of ether oxygens (including phenoxy) is 2. The van der Waals surface area contributed by atoms with E-state index in [1.165, 1.54) is 24.3 Å². The Morgan fingerprint density at radius 3 is 1.38 bits per heavy atom. The monoisotopic (exact) mass is 551 g/mol. The molecule has 2 N–H and O–H groups in total. The van der Waals surface area contributed by atoms with Gasteiger partial charge in [0.25, 0.3) is 11.8 Å². The maximum Gasteiger partial charge on any atom is 0.340 e. The van der Waals surface area contributed by atoms with Gasteiger partial charge in [-0.15, -0.1) is 0 Å². The Labute approximate surface area is 231 Å². The highest BCUT2D eigenvalue weighted by Crippen LogP contribution is 2.23. The number of aromatic nitrogens is 1. The van der Waals surface area contributed by atoms with Crippen molar-refractivity contribution in [3.8, 4) is 0 Å². The fourth-order valence-electron chi connectivity index (χ4n) is 3.31. The van der Waals surface area contributed by atoms with Crippen molar-refractivity contribution in [1.82, 2.24) is 4.98 Å². The zero-order chi connectivity index (χ0) is 29.0. The van der Waals surface area contributed by atoms with Gasteiger partial charge in [0.15, 0.2) is 0 Å². The number of nitrogens with one attached hydrogen (secondary N) is 2. The van der Waals surface area contributed by atoms with Crippen molar-refractivity contribution >= 4 is 46.7 Å². The summed E-state index contributed by atoms with van der Waals surface area (Å²) in [6.45, 7) is 10.4. The van der Waals surface area contributed by atoms with E-state index >= 15 is 0 Å². The second-order valence-electron chi connectivity index (χ2n) is 10.6. The zero-order valence-electron chi connectivity index (χ0n) is 22.5. The van der Waals surface area contributed by atoms with E-state index in [1.54, 1.807) is 77.9 Å². The fourth-order valence-corrected chi connectivity index (χ4v) is 3.52. The Morgan fingerprint density at radius 1 is 0.667 bits per heavy atom.